The maximum absolute atomic E-state index is 13.9. The first-order valence-corrected chi connectivity index (χ1v) is 15.0. The minimum absolute atomic E-state index is 0.0990. The van der Waals surface area contributed by atoms with Crippen molar-refractivity contribution in [3.8, 4) is 17.2 Å². The van der Waals surface area contributed by atoms with Crippen LogP contribution >= 0.6 is 0 Å². The molecule has 8 heteroatoms. The summed E-state index contributed by atoms with van der Waals surface area (Å²) in [5.41, 5.74) is 4.67. The number of phenols is 2. The summed E-state index contributed by atoms with van der Waals surface area (Å²) in [5, 5.41) is 19.3. The summed E-state index contributed by atoms with van der Waals surface area (Å²) >= 11 is 0. The minimum Gasteiger partial charge on any atom is -0.508 e. The van der Waals surface area contributed by atoms with Crippen molar-refractivity contribution >= 4 is 42.8 Å². The van der Waals surface area contributed by atoms with Gasteiger partial charge in [-0.2, -0.15) is 8.42 Å². The van der Waals surface area contributed by atoms with Gasteiger partial charge < -0.3 is 14.4 Å². The van der Waals surface area contributed by atoms with Crippen molar-refractivity contribution in [2.45, 2.75) is 36.0 Å². The highest BCUT2D eigenvalue weighted by Crippen LogP contribution is 2.54. The van der Waals surface area contributed by atoms with E-state index in [0.717, 1.165) is 33.2 Å². The Morgan fingerprint density at radius 3 is 2.08 bits per heavy atom. The lowest BCUT2D eigenvalue weighted by molar-refractivity contribution is 0.471. The molecule has 2 N–H and O–H groups in total. The minimum atomic E-state index is -4.17. The Morgan fingerprint density at radius 1 is 0.816 bits per heavy atom. The molecular weight excluding hydrogens is 520 g/mol. The van der Waals surface area contributed by atoms with E-state index in [-0.39, 0.29) is 23.7 Å². The summed E-state index contributed by atoms with van der Waals surface area (Å²) in [6.07, 6.45) is 0.167. The van der Waals surface area contributed by atoms with Gasteiger partial charge in [-0.25, -0.2) is 0 Å². The second-order valence-corrected chi connectivity index (χ2v) is 13.4. The van der Waals surface area contributed by atoms with Gasteiger partial charge in [-0.3, -0.25) is 4.21 Å². The molecule has 2 heterocycles. The van der Waals surface area contributed by atoms with Crippen molar-refractivity contribution in [2.24, 2.45) is 0 Å². The van der Waals surface area contributed by atoms with E-state index in [0.29, 0.717) is 11.0 Å². The van der Waals surface area contributed by atoms with Crippen LogP contribution in [0, 0.1) is 13.8 Å². The molecule has 6 rings (SSSR count). The van der Waals surface area contributed by atoms with Crippen LogP contribution in [0.5, 0.6) is 17.2 Å². The van der Waals surface area contributed by atoms with E-state index < -0.39 is 36.7 Å². The number of phenolic OH excluding ortho intramolecular Hbond substituents is 2. The molecule has 0 spiro atoms. The number of aryl methyl sites for hydroxylation is 2. The Kier molecular flexibility index (Phi) is 5.85. The normalized spacial score (nSPS) is 22.8. The summed E-state index contributed by atoms with van der Waals surface area (Å²) in [7, 11) is -5.68. The second kappa shape index (κ2) is 8.99. The molecule has 1 saturated heterocycles. The van der Waals surface area contributed by atoms with Gasteiger partial charge in [-0.05, 0) is 89.4 Å². The molecule has 0 amide bonds. The Morgan fingerprint density at radius 2 is 1.42 bits per heavy atom. The first-order chi connectivity index (χ1) is 18.2. The number of hydrogen-bond donors (Lipinski definition) is 2. The number of hydrogen-bond acceptors (Lipinski definition) is 6. The lowest BCUT2D eigenvalue weighted by atomic mass is 9.81. The molecule has 4 atom stereocenters. The lowest BCUT2D eigenvalue weighted by Gasteiger charge is -2.27. The van der Waals surface area contributed by atoms with Crippen molar-refractivity contribution in [1.82, 2.24) is 0 Å². The molecule has 194 valence electrons. The van der Waals surface area contributed by atoms with Crippen molar-refractivity contribution in [3.63, 3.8) is 0 Å². The monoisotopic (exact) mass is 546 g/mol. The smallest absolute Gasteiger partial charge is 0.313 e. The highest BCUT2D eigenvalue weighted by atomic mass is 32.2. The Labute approximate surface area is 223 Å². The molecule has 0 aliphatic carbocycles. The number of benzene rings is 4. The van der Waals surface area contributed by atoms with Gasteiger partial charge in [-0.15, -0.1) is 0 Å². The van der Waals surface area contributed by atoms with Gasteiger partial charge >= 0.3 is 10.1 Å². The predicted octanol–water partition coefficient (Wildman–Crippen LogP) is 5.46. The highest BCUT2D eigenvalue weighted by Gasteiger charge is 2.58. The summed E-state index contributed by atoms with van der Waals surface area (Å²) in [6.45, 7) is 3.71. The van der Waals surface area contributed by atoms with Crippen molar-refractivity contribution in [1.29, 1.82) is 0 Å². The first kappa shape index (κ1) is 24.7. The molecule has 2 aliphatic heterocycles. The van der Waals surface area contributed by atoms with Gasteiger partial charge in [0, 0.05) is 16.2 Å². The topological polar surface area (TPSA) is 101 Å². The van der Waals surface area contributed by atoms with E-state index in [1.54, 1.807) is 48.5 Å². The zero-order valence-electron chi connectivity index (χ0n) is 20.8. The van der Waals surface area contributed by atoms with Gasteiger partial charge in [0.2, 0.25) is 0 Å². The molecule has 0 aromatic heterocycles. The molecule has 1 fully saturated rings. The molecule has 4 aromatic rings. The Hall–Kier alpha value is -3.62. The van der Waals surface area contributed by atoms with Crippen molar-refractivity contribution < 1.29 is 27.0 Å². The fraction of sp³-hybridized carbons (Fsp3) is 0.200. The van der Waals surface area contributed by atoms with Crippen molar-refractivity contribution in [2.75, 3.05) is 0 Å². The van der Waals surface area contributed by atoms with Crippen LogP contribution in [0.2, 0.25) is 0 Å². The van der Waals surface area contributed by atoms with Gasteiger partial charge in [0.1, 0.15) is 22.5 Å². The fourth-order valence-corrected chi connectivity index (χ4v) is 10.2. The van der Waals surface area contributed by atoms with E-state index >= 15 is 0 Å². The molecule has 4 aromatic carbocycles. The molecule has 0 radical (unpaired) electrons. The Bertz CT molecular complexity index is 1770. The second-order valence-electron chi connectivity index (χ2n) is 9.89. The molecule has 2 bridgehead atoms. The van der Waals surface area contributed by atoms with E-state index in [9.17, 15) is 22.8 Å². The Balaban J connectivity index is 1.50. The largest absolute Gasteiger partial charge is 0.508 e. The van der Waals surface area contributed by atoms with E-state index in [2.05, 4.69) is 0 Å². The molecule has 1 unspecified atom stereocenters. The van der Waals surface area contributed by atoms with Crippen molar-refractivity contribution in [3.05, 3.63) is 101 Å². The first-order valence-electron chi connectivity index (χ1n) is 12.3. The third kappa shape index (κ3) is 3.90. The van der Waals surface area contributed by atoms with E-state index in [4.69, 9.17) is 4.18 Å². The third-order valence-electron chi connectivity index (χ3n) is 7.54. The van der Waals surface area contributed by atoms with Crippen LogP contribution in [0.4, 0.5) is 0 Å². The van der Waals surface area contributed by atoms with Crippen LogP contribution in [0.1, 0.15) is 28.7 Å². The fourth-order valence-electron chi connectivity index (χ4n) is 5.86. The standard InChI is InChI=1S/C30H26O6S2/c1-17-14-20(31)10-12-22(17)28-26-16-27(30(37(26)33)29(28)23-13-11-21(32)15-18(23)2)38(34,35)36-25-9-5-7-19-6-3-4-8-24(19)25/h3-15,26-27,30-32H,16H2,1-2H3/t26-,27-,30+,37?/m0/s1. The van der Waals surface area contributed by atoms with Crippen LogP contribution in [-0.2, 0) is 20.9 Å². The predicted molar refractivity (Wildman–Crippen MR) is 150 cm³/mol. The van der Waals surface area contributed by atoms with Gasteiger partial charge in [0.05, 0.1) is 10.5 Å². The van der Waals surface area contributed by atoms with E-state index in [1.165, 1.54) is 0 Å². The van der Waals surface area contributed by atoms with Crippen LogP contribution in [0.3, 0.4) is 0 Å². The van der Waals surface area contributed by atoms with Crippen LogP contribution < -0.4 is 4.18 Å². The maximum atomic E-state index is 13.9. The summed E-state index contributed by atoms with van der Waals surface area (Å²) < 4.78 is 47.2. The molecule has 38 heavy (non-hydrogen) atoms. The van der Waals surface area contributed by atoms with Crippen LogP contribution in [-0.4, -0.2) is 38.6 Å². The average molecular weight is 547 g/mol. The summed E-state index contributed by atoms with van der Waals surface area (Å²) in [4.78, 5) is 0. The summed E-state index contributed by atoms with van der Waals surface area (Å²) in [6, 6.07) is 22.7. The van der Waals surface area contributed by atoms with Gasteiger partial charge in [0.25, 0.3) is 0 Å². The van der Waals surface area contributed by atoms with Gasteiger partial charge in [-0.1, -0.05) is 48.5 Å². The number of aromatic hydroxyl groups is 2. The van der Waals surface area contributed by atoms with Gasteiger partial charge in [0.15, 0.2) is 0 Å². The third-order valence-corrected chi connectivity index (χ3v) is 11.4. The average Bonchev–Trinajstić information content (AvgIpc) is 3.34. The zero-order chi connectivity index (χ0) is 26.8. The SMILES string of the molecule is Cc1cc(O)ccc1C1=C(c2ccc(O)cc2C)[C@H]2[C@@H](S(=O)(=O)Oc3cccc4ccccc34)C[C@@H]1S2=O. The molecular formula is C30H26O6S2. The molecule has 6 nitrogen and oxygen atoms in total. The number of fused-ring (bicyclic) bond motifs is 3. The number of rotatable bonds is 5. The maximum Gasteiger partial charge on any atom is 0.313 e. The quantitative estimate of drug-likeness (QED) is 0.323. The molecule has 0 saturated carbocycles. The van der Waals surface area contributed by atoms with Crippen LogP contribution in [0.15, 0.2) is 78.9 Å². The zero-order valence-corrected chi connectivity index (χ0v) is 22.4. The molecule has 2 aliphatic rings. The summed E-state index contributed by atoms with van der Waals surface area (Å²) in [5.74, 6) is 0.474. The van der Waals surface area contributed by atoms with E-state index in [1.807, 2.05) is 44.2 Å². The van der Waals surface area contributed by atoms with Crippen LogP contribution in [0.25, 0.3) is 21.9 Å². The highest BCUT2D eigenvalue weighted by molar-refractivity contribution is 7.93. The lowest BCUT2D eigenvalue weighted by Crippen LogP contribution is -2.36.